The van der Waals surface area contributed by atoms with Gasteiger partial charge in [0.2, 0.25) is 0 Å². The average molecular weight is 591 g/mol. The summed E-state index contributed by atoms with van der Waals surface area (Å²) in [6.07, 6.45) is 2.18. The third-order valence-electron chi connectivity index (χ3n) is 9.39. The highest BCUT2D eigenvalue weighted by atomic mass is 16.7. The molecule has 5 aromatic carbocycles. The topological polar surface area (TPSA) is 28.3 Å². The standard InChI is InChI=1S/C38H33BN2O2.C2H6/c1-37(2)38(3,4)43-39(42-37)28-13-11-12-26(24-28)27-18-20-35-33(25-27)31-19-21-34-32(22-23-40(34)29-14-7-5-8-15-29)36(31)41(35)30-16-9-6-10-17-30;1-2/h5-25H,1-4H3;1-2H3. The third-order valence-corrected chi connectivity index (χ3v) is 9.39. The van der Waals surface area contributed by atoms with Crippen LogP contribution in [0.3, 0.4) is 0 Å². The maximum absolute atomic E-state index is 6.37. The van der Waals surface area contributed by atoms with E-state index < -0.39 is 7.12 Å². The molecule has 0 N–H and O–H groups in total. The summed E-state index contributed by atoms with van der Waals surface area (Å²) in [5.74, 6) is 0. The molecule has 0 unspecified atom stereocenters. The fourth-order valence-electron chi connectivity index (χ4n) is 6.41. The van der Waals surface area contributed by atoms with Crippen LogP contribution in [0.1, 0.15) is 41.5 Å². The van der Waals surface area contributed by atoms with Crippen LogP contribution in [-0.2, 0) is 9.31 Å². The van der Waals surface area contributed by atoms with Gasteiger partial charge in [0, 0.05) is 33.7 Å². The number of rotatable bonds is 4. The first-order chi connectivity index (χ1) is 21.8. The number of hydrogen-bond acceptors (Lipinski definition) is 2. The van der Waals surface area contributed by atoms with Gasteiger partial charge in [0.15, 0.2) is 0 Å². The van der Waals surface area contributed by atoms with E-state index in [0.29, 0.717) is 0 Å². The Morgan fingerprint density at radius 2 is 1.16 bits per heavy atom. The van der Waals surface area contributed by atoms with Crippen molar-refractivity contribution in [3.63, 3.8) is 0 Å². The van der Waals surface area contributed by atoms with Gasteiger partial charge in [-0.1, -0.05) is 86.6 Å². The number of hydrogen-bond donors (Lipinski definition) is 0. The molecule has 8 rings (SSSR count). The van der Waals surface area contributed by atoms with Crippen molar-refractivity contribution >= 4 is 45.3 Å². The molecule has 0 aliphatic carbocycles. The van der Waals surface area contributed by atoms with Crippen LogP contribution in [0.4, 0.5) is 0 Å². The van der Waals surface area contributed by atoms with E-state index in [1.165, 1.54) is 38.3 Å². The molecule has 1 saturated heterocycles. The SMILES string of the molecule is CC.CC1(C)OB(c2cccc(-c3ccc4c(c3)c3ccc5c(ccn5-c5ccccc5)c3n4-c3ccccc3)c2)OC1(C)C. The van der Waals surface area contributed by atoms with Gasteiger partial charge in [0.25, 0.3) is 0 Å². The summed E-state index contributed by atoms with van der Waals surface area (Å²) >= 11 is 0. The summed E-state index contributed by atoms with van der Waals surface area (Å²) < 4.78 is 17.4. The average Bonchev–Trinajstić information content (AvgIpc) is 3.71. The summed E-state index contributed by atoms with van der Waals surface area (Å²) in [5.41, 5.74) is 8.49. The van der Waals surface area contributed by atoms with Gasteiger partial charge in [-0.2, -0.15) is 0 Å². The Bertz CT molecular complexity index is 2130. The van der Waals surface area contributed by atoms with Crippen LogP contribution in [0.15, 0.2) is 128 Å². The Morgan fingerprint density at radius 3 is 1.84 bits per heavy atom. The van der Waals surface area contributed by atoms with Gasteiger partial charge in [0.05, 0.1) is 27.8 Å². The minimum atomic E-state index is -0.393. The minimum absolute atomic E-state index is 0.378. The first kappa shape index (κ1) is 29.2. The molecule has 1 aliphatic rings. The van der Waals surface area contributed by atoms with E-state index in [0.717, 1.165) is 22.4 Å². The highest BCUT2D eigenvalue weighted by molar-refractivity contribution is 6.62. The van der Waals surface area contributed by atoms with Crippen molar-refractivity contribution in [1.29, 1.82) is 0 Å². The number of nitrogens with zero attached hydrogens (tertiary/aromatic N) is 2. The maximum atomic E-state index is 6.37. The fraction of sp³-hybridized carbons (Fsp3) is 0.200. The van der Waals surface area contributed by atoms with Crippen molar-refractivity contribution < 1.29 is 9.31 Å². The number of aromatic nitrogens is 2. The molecule has 1 fully saturated rings. The van der Waals surface area contributed by atoms with Gasteiger partial charge < -0.3 is 18.4 Å². The van der Waals surface area contributed by atoms with Crippen LogP contribution in [0.25, 0.3) is 55.2 Å². The second-order valence-electron chi connectivity index (χ2n) is 12.5. The molecular weight excluding hydrogens is 551 g/mol. The van der Waals surface area contributed by atoms with E-state index in [4.69, 9.17) is 9.31 Å². The zero-order valence-electron chi connectivity index (χ0n) is 26.9. The second-order valence-corrected chi connectivity index (χ2v) is 12.5. The van der Waals surface area contributed by atoms with Crippen LogP contribution in [0.2, 0.25) is 0 Å². The lowest BCUT2D eigenvalue weighted by Crippen LogP contribution is -2.41. The monoisotopic (exact) mass is 590 g/mol. The molecule has 0 amide bonds. The molecule has 5 heteroatoms. The van der Waals surface area contributed by atoms with Crippen LogP contribution >= 0.6 is 0 Å². The van der Waals surface area contributed by atoms with E-state index in [2.05, 4.69) is 164 Å². The summed E-state index contributed by atoms with van der Waals surface area (Å²) in [6.45, 7) is 12.4. The zero-order valence-corrected chi connectivity index (χ0v) is 26.9. The van der Waals surface area contributed by atoms with Crippen molar-refractivity contribution in [2.24, 2.45) is 0 Å². The predicted octanol–water partition coefficient (Wildman–Crippen LogP) is 9.72. The molecule has 0 saturated carbocycles. The number of para-hydroxylation sites is 2. The summed E-state index contributed by atoms with van der Waals surface area (Å²) in [5, 5.41) is 3.69. The smallest absolute Gasteiger partial charge is 0.399 e. The first-order valence-electron chi connectivity index (χ1n) is 16.0. The Hall–Kier alpha value is -4.58. The summed E-state index contributed by atoms with van der Waals surface area (Å²) in [4.78, 5) is 0. The van der Waals surface area contributed by atoms with Crippen LogP contribution in [0, 0.1) is 0 Å². The highest BCUT2D eigenvalue weighted by Gasteiger charge is 2.51. The lowest BCUT2D eigenvalue weighted by atomic mass is 9.78. The van der Waals surface area contributed by atoms with Gasteiger partial charge in [-0.15, -0.1) is 0 Å². The van der Waals surface area contributed by atoms with E-state index in [-0.39, 0.29) is 11.2 Å². The number of fused-ring (bicyclic) bond motifs is 5. The van der Waals surface area contributed by atoms with Gasteiger partial charge in [-0.05, 0) is 92.8 Å². The Balaban J connectivity index is 0.00000160. The first-order valence-corrected chi connectivity index (χ1v) is 16.0. The van der Waals surface area contributed by atoms with Crippen LogP contribution < -0.4 is 5.46 Å². The van der Waals surface area contributed by atoms with Gasteiger partial charge in [0.1, 0.15) is 0 Å². The van der Waals surface area contributed by atoms with E-state index in [9.17, 15) is 0 Å². The molecular formula is C40H39BN2O2. The second kappa shape index (κ2) is 11.1. The normalized spacial score (nSPS) is 15.5. The maximum Gasteiger partial charge on any atom is 0.494 e. The quantitative estimate of drug-likeness (QED) is 0.191. The van der Waals surface area contributed by atoms with E-state index >= 15 is 0 Å². The van der Waals surface area contributed by atoms with Gasteiger partial charge in [-0.3, -0.25) is 0 Å². The van der Waals surface area contributed by atoms with Crippen molar-refractivity contribution in [2.45, 2.75) is 52.7 Å². The fourth-order valence-corrected chi connectivity index (χ4v) is 6.41. The zero-order chi connectivity index (χ0) is 31.3. The van der Waals surface area contributed by atoms with Gasteiger partial charge in [-0.25, -0.2) is 0 Å². The molecule has 0 atom stereocenters. The molecule has 2 aromatic heterocycles. The molecule has 1 aliphatic heterocycles. The lowest BCUT2D eigenvalue weighted by molar-refractivity contribution is 0.00578. The minimum Gasteiger partial charge on any atom is -0.399 e. The van der Waals surface area contributed by atoms with Crippen LogP contribution in [-0.4, -0.2) is 27.5 Å². The molecule has 45 heavy (non-hydrogen) atoms. The Kier molecular flexibility index (Phi) is 7.19. The Labute approximate surface area is 266 Å². The number of benzene rings is 5. The lowest BCUT2D eigenvalue weighted by Gasteiger charge is -2.32. The molecule has 3 heterocycles. The molecule has 0 bridgehead atoms. The predicted molar refractivity (Wildman–Crippen MR) is 190 cm³/mol. The van der Waals surface area contributed by atoms with Crippen molar-refractivity contribution in [3.05, 3.63) is 128 Å². The summed E-state index contributed by atoms with van der Waals surface area (Å²) in [7, 11) is -0.393. The van der Waals surface area contributed by atoms with E-state index in [1.807, 2.05) is 13.8 Å². The largest absolute Gasteiger partial charge is 0.494 e. The summed E-state index contributed by atoms with van der Waals surface area (Å²) in [6, 6.07) is 43.4. The van der Waals surface area contributed by atoms with Crippen LogP contribution in [0.5, 0.6) is 0 Å². The molecule has 224 valence electrons. The van der Waals surface area contributed by atoms with Gasteiger partial charge >= 0.3 is 7.12 Å². The van der Waals surface area contributed by atoms with E-state index in [1.54, 1.807) is 0 Å². The molecule has 4 nitrogen and oxygen atoms in total. The molecule has 7 aromatic rings. The van der Waals surface area contributed by atoms with Crippen molar-refractivity contribution in [1.82, 2.24) is 9.13 Å². The third kappa shape index (κ3) is 4.79. The highest BCUT2D eigenvalue weighted by Crippen LogP contribution is 2.40. The molecule has 0 spiro atoms. The van der Waals surface area contributed by atoms with Crippen molar-refractivity contribution in [3.8, 4) is 22.5 Å². The van der Waals surface area contributed by atoms with Crippen molar-refractivity contribution in [2.75, 3.05) is 0 Å². The Morgan fingerprint density at radius 1 is 0.533 bits per heavy atom. The molecule has 0 radical (unpaired) electrons.